The predicted octanol–water partition coefficient (Wildman–Crippen LogP) is 2.22. The molecule has 4 nitrogen and oxygen atoms in total. The predicted molar refractivity (Wildman–Crippen MR) is 85.3 cm³/mol. The number of amides is 1. The van der Waals surface area contributed by atoms with Crippen molar-refractivity contribution >= 4 is 45.6 Å². The Hall–Kier alpha value is -0.140. The lowest BCUT2D eigenvalue weighted by Crippen LogP contribution is -2.33. The summed E-state index contributed by atoms with van der Waals surface area (Å²) < 4.78 is 5.99. The molecule has 0 radical (unpaired) electrons. The van der Waals surface area contributed by atoms with E-state index >= 15 is 0 Å². The maximum Gasteiger partial charge on any atom is 0.220 e. The molecule has 0 unspecified atom stereocenters. The standard InChI is InChI=1S/C12H19BrN2O2S.ClH/c1-17-7-6-14-4-5-15-12(16)3-2-11-8-10(13)9-18-11;/h8-9,14H,2-7H2,1H3,(H,15,16);1H. The summed E-state index contributed by atoms with van der Waals surface area (Å²) in [6.45, 7) is 2.95. The number of rotatable bonds is 9. The van der Waals surface area contributed by atoms with Crippen LogP contribution < -0.4 is 10.6 Å². The molecule has 0 aliphatic carbocycles. The molecule has 1 heterocycles. The van der Waals surface area contributed by atoms with Crippen molar-refractivity contribution in [3.8, 4) is 0 Å². The highest BCUT2D eigenvalue weighted by Crippen LogP contribution is 2.20. The number of halogens is 2. The molecule has 0 aromatic carbocycles. The summed E-state index contributed by atoms with van der Waals surface area (Å²) in [5.74, 6) is 0.105. The summed E-state index contributed by atoms with van der Waals surface area (Å²) in [7, 11) is 1.67. The summed E-state index contributed by atoms with van der Waals surface area (Å²) in [6, 6.07) is 2.06. The van der Waals surface area contributed by atoms with Gasteiger partial charge in [0.15, 0.2) is 0 Å². The van der Waals surface area contributed by atoms with E-state index in [1.807, 2.05) is 5.38 Å². The first-order valence-corrected chi connectivity index (χ1v) is 7.59. The number of thiophene rings is 1. The SMILES string of the molecule is COCCNCCNC(=O)CCc1cc(Br)cs1.Cl. The van der Waals surface area contributed by atoms with Crippen molar-refractivity contribution in [2.24, 2.45) is 0 Å². The molecule has 1 aromatic heterocycles. The van der Waals surface area contributed by atoms with E-state index < -0.39 is 0 Å². The number of methoxy groups -OCH3 is 1. The van der Waals surface area contributed by atoms with Gasteiger partial charge in [-0.3, -0.25) is 4.79 Å². The summed E-state index contributed by atoms with van der Waals surface area (Å²) >= 11 is 5.08. The molecule has 0 bridgehead atoms. The third-order valence-electron chi connectivity index (χ3n) is 2.33. The Kier molecular flexibility index (Phi) is 11.6. The molecular weight excluding hydrogens is 352 g/mol. The van der Waals surface area contributed by atoms with Gasteiger partial charge in [-0.1, -0.05) is 0 Å². The number of carbonyl (C=O) groups is 1. The Morgan fingerprint density at radius 2 is 2.21 bits per heavy atom. The summed E-state index contributed by atoms with van der Waals surface area (Å²) in [4.78, 5) is 12.8. The van der Waals surface area contributed by atoms with Crippen molar-refractivity contribution in [3.63, 3.8) is 0 Å². The van der Waals surface area contributed by atoms with Gasteiger partial charge in [0.25, 0.3) is 0 Å². The van der Waals surface area contributed by atoms with Crippen molar-refractivity contribution in [1.82, 2.24) is 10.6 Å². The third-order valence-corrected chi connectivity index (χ3v) is 4.08. The monoisotopic (exact) mass is 370 g/mol. The Labute approximate surface area is 132 Å². The van der Waals surface area contributed by atoms with Crippen LogP contribution in [0.5, 0.6) is 0 Å². The first kappa shape index (κ1) is 18.9. The number of nitrogens with one attached hydrogen (secondary N) is 2. The van der Waals surface area contributed by atoms with Crippen LogP contribution >= 0.6 is 39.7 Å². The molecule has 0 fully saturated rings. The smallest absolute Gasteiger partial charge is 0.220 e. The molecule has 19 heavy (non-hydrogen) atoms. The van der Waals surface area contributed by atoms with Crippen LogP contribution in [0.2, 0.25) is 0 Å². The van der Waals surface area contributed by atoms with Crippen LogP contribution in [0, 0.1) is 0 Å². The fourth-order valence-electron chi connectivity index (χ4n) is 1.40. The summed E-state index contributed by atoms with van der Waals surface area (Å²) in [6.07, 6.45) is 1.35. The molecule has 1 rings (SSSR count). The Balaban J connectivity index is 0.00000324. The zero-order chi connectivity index (χ0) is 13.2. The molecule has 0 spiro atoms. The number of aryl methyl sites for hydroxylation is 1. The van der Waals surface area contributed by atoms with Gasteiger partial charge in [0.1, 0.15) is 0 Å². The molecule has 0 saturated heterocycles. The third kappa shape index (κ3) is 9.40. The second-order valence-corrected chi connectivity index (χ2v) is 5.74. The number of carbonyl (C=O) groups excluding carboxylic acids is 1. The van der Waals surface area contributed by atoms with Crippen LogP contribution in [0.4, 0.5) is 0 Å². The second kappa shape index (κ2) is 11.7. The van der Waals surface area contributed by atoms with Crippen molar-refractivity contribution in [2.45, 2.75) is 12.8 Å². The molecule has 0 aliphatic heterocycles. The Morgan fingerprint density at radius 3 is 2.84 bits per heavy atom. The minimum absolute atomic E-state index is 0. The average molecular weight is 372 g/mol. The lowest BCUT2D eigenvalue weighted by molar-refractivity contribution is -0.121. The van der Waals surface area contributed by atoms with Crippen molar-refractivity contribution in [2.75, 3.05) is 33.4 Å². The van der Waals surface area contributed by atoms with E-state index in [1.54, 1.807) is 18.4 Å². The van der Waals surface area contributed by atoms with E-state index in [0.717, 1.165) is 24.0 Å². The van der Waals surface area contributed by atoms with E-state index in [9.17, 15) is 4.79 Å². The maximum absolute atomic E-state index is 11.5. The highest BCUT2D eigenvalue weighted by Gasteiger charge is 2.03. The molecule has 1 aromatic rings. The van der Waals surface area contributed by atoms with Gasteiger partial charge in [0.2, 0.25) is 5.91 Å². The van der Waals surface area contributed by atoms with Gasteiger partial charge in [-0.25, -0.2) is 0 Å². The van der Waals surface area contributed by atoms with E-state index in [0.29, 0.717) is 19.6 Å². The van der Waals surface area contributed by atoms with E-state index in [4.69, 9.17) is 4.74 Å². The molecular formula is C12H20BrClN2O2S. The highest BCUT2D eigenvalue weighted by molar-refractivity contribution is 9.10. The zero-order valence-corrected chi connectivity index (χ0v) is 14.1. The molecule has 1 amide bonds. The first-order chi connectivity index (χ1) is 8.72. The molecule has 2 N–H and O–H groups in total. The lowest BCUT2D eigenvalue weighted by Gasteiger charge is -2.06. The largest absolute Gasteiger partial charge is 0.383 e. The van der Waals surface area contributed by atoms with Crippen LogP contribution in [-0.2, 0) is 16.0 Å². The van der Waals surface area contributed by atoms with E-state index in [-0.39, 0.29) is 18.3 Å². The van der Waals surface area contributed by atoms with Gasteiger partial charge in [-0.05, 0) is 28.4 Å². The topological polar surface area (TPSA) is 50.4 Å². The summed E-state index contributed by atoms with van der Waals surface area (Å²) in [5.41, 5.74) is 0. The van der Waals surface area contributed by atoms with Gasteiger partial charge in [-0.15, -0.1) is 23.7 Å². The number of ether oxygens (including phenoxy) is 1. The number of hydrogen-bond acceptors (Lipinski definition) is 4. The highest BCUT2D eigenvalue weighted by atomic mass is 79.9. The van der Waals surface area contributed by atoms with E-state index in [2.05, 4.69) is 32.6 Å². The molecule has 0 atom stereocenters. The Morgan fingerprint density at radius 1 is 1.42 bits per heavy atom. The van der Waals surface area contributed by atoms with Gasteiger partial charge >= 0.3 is 0 Å². The van der Waals surface area contributed by atoms with Crippen LogP contribution in [0.1, 0.15) is 11.3 Å². The van der Waals surface area contributed by atoms with Crippen LogP contribution in [0.15, 0.2) is 15.9 Å². The number of hydrogen-bond donors (Lipinski definition) is 2. The van der Waals surface area contributed by atoms with Gasteiger partial charge in [0.05, 0.1) is 6.61 Å². The average Bonchev–Trinajstić information content (AvgIpc) is 2.77. The van der Waals surface area contributed by atoms with Crippen LogP contribution in [0.3, 0.4) is 0 Å². The molecule has 0 saturated carbocycles. The van der Waals surface area contributed by atoms with E-state index in [1.165, 1.54) is 4.88 Å². The normalized spacial score (nSPS) is 10.0. The first-order valence-electron chi connectivity index (χ1n) is 5.91. The fraction of sp³-hybridized carbons (Fsp3) is 0.583. The van der Waals surface area contributed by atoms with Gasteiger partial charge in [-0.2, -0.15) is 0 Å². The second-order valence-electron chi connectivity index (χ2n) is 3.82. The Bertz CT molecular complexity index is 363. The quantitative estimate of drug-likeness (QED) is 0.654. The molecule has 110 valence electrons. The minimum atomic E-state index is 0. The van der Waals surface area contributed by atoms with Gasteiger partial charge in [0, 0.05) is 47.9 Å². The van der Waals surface area contributed by atoms with Crippen molar-refractivity contribution in [3.05, 3.63) is 20.8 Å². The van der Waals surface area contributed by atoms with Crippen LogP contribution in [0.25, 0.3) is 0 Å². The van der Waals surface area contributed by atoms with Gasteiger partial charge < -0.3 is 15.4 Å². The minimum Gasteiger partial charge on any atom is -0.383 e. The van der Waals surface area contributed by atoms with Crippen molar-refractivity contribution in [1.29, 1.82) is 0 Å². The van der Waals surface area contributed by atoms with Crippen molar-refractivity contribution < 1.29 is 9.53 Å². The molecule has 0 aliphatic rings. The van der Waals surface area contributed by atoms with Crippen LogP contribution in [-0.4, -0.2) is 39.3 Å². The zero-order valence-electron chi connectivity index (χ0n) is 10.9. The fourth-order valence-corrected chi connectivity index (χ4v) is 2.85. The maximum atomic E-state index is 11.5. The summed E-state index contributed by atoms with van der Waals surface area (Å²) in [5, 5.41) is 8.10. The lowest BCUT2D eigenvalue weighted by atomic mass is 10.2. The molecule has 7 heteroatoms.